The summed E-state index contributed by atoms with van der Waals surface area (Å²) in [5, 5.41) is 2.82. The predicted octanol–water partition coefficient (Wildman–Crippen LogP) is 5.41. The lowest BCUT2D eigenvalue weighted by Gasteiger charge is -2.18. The lowest BCUT2D eigenvalue weighted by atomic mass is 10.0. The van der Waals surface area contributed by atoms with Gasteiger partial charge in [0.15, 0.2) is 6.61 Å². The van der Waals surface area contributed by atoms with E-state index in [9.17, 15) is 9.59 Å². The molecule has 0 fully saturated rings. The lowest BCUT2D eigenvalue weighted by molar-refractivity contribution is -0.118. The number of nitrogens with one attached hydrogen (secondary N) is 1. The van der Waals surface area contributed by atoms with E-state index in [0.717, 1.165) is 22.4 Å². The third-order valence-electron chi connectivity index (χ3n) is 5.15. The molecule has 0 aliphatic carbocycles. The summed E-state index contributed by atoms with van der Waals surface area (Å²) in [7, 11) is 1.77. The Kier molecular flexibility index (Phi) is 7.66. The summed E-state index contributed by atoms with van der Waals surface area (Å²) in [4.78, 5) is 27.0. The summed E-state index contributed by atoms with van der Waals surface area (Å²) >= 11 is 0. The van der Waals surface area contributed by atoms with Crippen LogP contribution in [-0.4, -0.2) is 30.4 Å². The second kappa shape index (κ2) is 10.6. The highest BCUT2D eigenvalue weighted by Crippen LogP contribution is 2.27. The van der Waals surface area contributed by atoms with Crippen molar-refractivity contribution in [2.24, 2.45) is 0 Å². The smallest absolute Gasteiger partial charge is 0.262 e. The van der Waals surface area contributed by atoms with Crippen LogP contribution in [0.1, 0.15) is 46.8 Å². The minimum absolute atomic E-state index is 0.102. The fraction of sp³-hybridized carbons (Fsp3) is 0.259. The Morgan fingerprint density at radius 2 is 1.72 bits per heavy atom. The van der Waals surface area contributed by atoms with Crippen molar-refractivity contribution in [3.8, 4) is 5.75 Å². The molecule has 0 radical (unpaired) electrons. The number of benzene rings is 3. The fourth-order valence-corrected chi connectivity index (χ4v) is 3.46. The number of rotatable bonds is 8. The Bertz CT molecular complexity index is 1080. The molecule has 5 nitrogen and oxygen atoms in total. The highest BCUT2D eigenvalue weighted by atomic mass is 16.5. The average molecular weight is 431 g/mol. The minimum atomic E-state index is -0.275. The molecule has 0 saturated heterocycles. The molecule has 3 rings (SSSR count). The number of anilines is 1. The van der Waals surface area contributed by atoms with Gasteiger partial charge in [0.2, 0.25) is 0 Å². The second-order valence-electron chi connectivity index (χ2n) is 8.26. The number of carbonyl (C=O) groups excluding carboxylic acids is 2. The van der Waals surface area contributed by atoms with Crippen LogP contribution in [0, 0.1) is 6.92 Å². The Balaban J connectivity index is 1.61. The molecule has 0 heterocycles. The predicted molar refractivity (Wildman–Crippen MR) is 128 cm³/mol. The summed E-state index contributed by atoms with van der Waals surface area (Å²) in [6.07, 6.45) is 0. The number of nitrogens with zero attached hydrogens (tertiary/aromatic N) is 1. The van der Waals surface area contributed by atoms with Crippen LogP contribution < -0.4 is 10.1 Å². The van der Waals surface area contributed by atoms with Gasteiger partial charge in [-0.05, 0) is 53.8 Å². The van der Waals surface area contributed by atoms with E-state index in [1.54, 1.807) is 36.2 Å². The van der Waals surface area contributed by atoms with E-state index in [1.807, 2.05) is 55.5 Å². The maximum absolute atomic E-state index is 12.8. The standard InChI is InChI=1S/C27H30N2O3/c1-19(2)24-14-13-20(3)15-25(24)32-18-26(30)28-23-12-8-11-22(16-23)27(31)29(4)17-21-9-6-5-7-10-21/h5-16,19H,17-18H2,1-4H3,(H,28,30). The van der Waals surface area contributed by atoms with Crippen molar-refractivity contribution in [2.75, 3.05) is 19.0 Å². The SMILES string of the molecule is Cc1ccc(C(C)C)c(OCC(=O)Nc2cccc(C(=O)N(C)Cc3ccccc3)c2)c1. The first-order valence-electron chi connectivity index (χ1n) is 10.8. The third kappa shape index (κ3) is 6.20. The molecular formula is C27H30N2O3. The topological polar surface area (TPSA) is 58.6 Å². The molecule has 0 aliphatic heterocycles. The van der Waals surface area contributed by atoms with Crippen LogP contribution in [0.5, 0.6) is 5.75 Å². The first-order chi connectivity index (χ1) is 15.3. The minimum Gasteiger partial charge on any atom is -0.483 e. The van der Waals surface area contributed by atoms with Gasteiger partial charge >= 0.3 is 0 Å². The first kappa shape index (κ1) is 23.1. The van der Waals surface area contributed by atoms with Crippen LogP contribution in [0.2, 0.25) is 0 Å². The largest absolute Gasteiger partial charge is 0.483 e. The maximum atomic E-state index is 12.8. The monoisotopic (exact) mass is 430 g/mol. The van der Waals surface area contributed by atoms with Crippen molar-refractivity contribution in [1.29, 1.82) is 0 Å². The van der Waals surface area contributed by atoms with E-state index in [1.165, 1.54) is 0 Å². The van der Waals surface area contributed by atoms with Gasteiger partial charge in [-0.2, -0.15) is 0 Å². The lowest BCUT2D eigenvalue weighted by Crippen LogP contribution is -2.26. The highest BCUT2D eigenvalue weighted by Gasteiger charge is 2.14. The summed E-state index contributed by atoms with van der Waals surface area (Å²) in [5.74, 6) is 0.636. The molecule has 0 aliphatic rings. The molecule has 2 amide bonds. The van der Waals surface area contributed by atoms with E-state index in [4.69, 9.17) is 4.74 Å². The number of ether oxygens (including phenoxy) is 1. The zero-order valence-electron chi connectivity index (χ0n) is 19.1. The molecule has 32 heavy (non-hydrogen) atoms. The van der Waals surface area contributed by atoms with Gasteiger partial charge in [-0.25, -0.2) is 0 Å². The number of hydrogen-bond donors (Lipinski definition) is 1. The summed E-state index contributed by atoms with van der Waals surface area (Å²) < 4.78 is 5.81. The first-order valence-corrected chi connectivity index (χ1v) is 10.8. The Hall–Kier alpha value is -3.60. The molecule has 0 spiro atoms. The fourth-order valence-electron chi connectivity index (χ4n) is 3.46. The molecule has 3 aromatic carbocycles. The number of carbonyl (C=O) groups is 2. The van der Waals surface area contributed by atoms with Gasteiger partial charge < -0.3 is 15.0 Å². The summed E-state index contributed by atoms with van der Waals surface area (Å²) in [6.45, 7) is 6.59. The van der Waals surface area contributed by atoms with Gasteiger partial charge in [0, 0.05) is 24.8 Å². The van der Waals surface area contributed by atoms with Crippen molar-refractivity contribution < 1.29 is 14.3 Å². The molecule has 0 saturated carbocycles. The van der Waals surface area contributed by atoms with Crippen LogP contribution in [0.25, 0.3) is 0 Å². The van der Waals surface area contributed by atoms with E-state index in [-0.39, 0.29) is 18.4 Å². The van der Waals surface area contributed by atoms with Gasteiger partial charge in [-0.15, -0.1) is 0 Å². The third-order valence-corrected chi connectivity index (χ3v) is 5.15. The normalized spacial score (nSPS) is 10.7. The van der Waals surface area contributed by atoms with Crippen molar-refractivity contribution in [1.82, 2.24) is 4.90 Å². The molecule has 0 aromatic heterocycles. The van der Waals surface area contributed by atoms with Crippen molar-refractivity contribution in [3.05, 3.63) is 95.1 Å². The molecule has 0 atom stereocenters. The number of amides is 2. The molecule has 166 valence electrons. The molecule has 0 unspecified atom stereocenters. The molecule has 3 aromatic rings. The van der Waals surface area contributed by atoms with Gasteiger partial charge in [0.05, 0.1) is 0 Å². The van der Waals surface area contributed by atoms with Crippen LogP contribution in [0.15, 0.2) is 72.8 Å². The second-order valence-corrected chi connectivity index (χ2v) is 8.26. The van der Waals surface area contributed by atoms with E-state index in [0.29, 0.717) is 23.7 Å². The molecular weight excluding hydrogens is 400 g/mol. The van der Waals surface area contributed by atoms with E-state index in [2.05, 4.69) is 19.2 Å². The highest BCUT2D eigenvalue weighted by molar-refractivity contribution is 5.97. The maximum Gasteiger partial charge on any atom is 0.262 e. The van der Waals surface area contributed by atoms with Gasteiger partial charge in [-0.3, -0.25) is 9.59 Å². The summed E-state index contributed by atoms with van der Waals surface area (Å²) in [5.41, 5.74) is 4.28. The van der Waals surface area contributed by atoms with Crippen LogP contribution >= 0.6 is 0 Å². The Labute approximate surface area is 190 Å². The van der Waals surface area contributed by atoms with Crippen LogP contribution in [0.4, 0.5) is 5.69 Å². The average Bonchev–Trinajstić information content (AvgIpc) is 2.78. The summed E-state index contributed by atoms with van der Waals surface area (Å²) in [6, 6.07) is 22.8. The number of hydrogen-bond acceptors (Lipinski definition) is 3. The van der Waals surface area contributed by atoms with Crippen LogP contribution in [-0.2, 0) is 11.3 Å². The zero-order chi connectivity index (χ0) is 23.1. The molecule has 5 heteroatoms. The quantitative estimate of drug-likeness (QED) is 0.520. The Morgan fingerprint density at radius 1 is 0.969 bits per heavy atom. The van der Waals surface area contributed by atoms with Crippen LogP contribution in [0.3, 0.4) is 0 Å². The molecule has 0 bridgehead atoms. The molecule has 1 N–H and O–H groups in total. The van der Waals surface area contributed by atoms with Gasteiger partial charge in [0.1, 0.15) is 5.75 Å². The van der Waals surface area contributed by atoms with Gasteiger partial charge in [-0.1, -0.05) is 62.4 Å². The number of aryl methyl sites for hydroxylation is 1. The van der Waals surface area contributed by atoms with E-state index < -0.39 is 0 Å². The van der Waals surface area contributed by atoms with Crippen molar-refractivity contribution in [2.45, 2.75) is 33.2 Å². The van der Waals surface area contributed by atoms with E-state index >= 15 is 0 Å². The van der Waals surface area contributed by atoms with Crippen molar-refractivity contribution in [3.63, 3.8) is 0 Å². The Morgan fingerprint density at radius 3 is 2.44 bits per heavy atom. The van der Waals surface area contributed by atoms with Gasteiger partial charge in [0.25, 0.3) is 11.8 Å². The van der Waals surface area contributed by atoms with Crippen molar-refractivity contribution >= 4 is 17.5 Å². The zero-order valence-corrected chi connectivity index (χ0v) is 19.1.